The first-order chi connectivity index (χ1) is 9.86. The van der Waals surface area contributed by atoms with E-state index in [0.29, 0.717) is 0 Å². The first-order valence-corrected chi connectivity index (χ1v) is 7.63. The Labute approximate surface area is 121 Å². The smallest absolute Gasteiger partial charge is 0.0587 e. The van der Waals surface area contributed by atoms with Crippen molar-refractivity contribution in [2.75, 3.05) is 20.3 Å². The van der Waals surface area contributed by atoms with Gasteiger partial charge in [0.15, 0.2) is 0 Å². The zero-order valence-electron chi connectivity index (χ0n) is 12.7. The van der Waals surface area contributed by atoms with Crippen LogP contribution in [-0.4, -0.2) is 24.8 Å². The lowest BCUT2D eigenvalue weighted by Crippen LogP contribution is -2.18. The fourth-order valence-corrected chi connectivity index (χ4v) is 2.58. The predicted octanol–water partition coefficient (Wildman–Crippen LogP) is 3.57. The lowest BCUT2D eigenvalue weighted by Gasteiger charge is -2.04. The van der Waals surface area contributed by atoms with E-state index in [1.54, 1.807) is 7.11 Å². The summed E-state index contributed by atoms with van der Waals surface area (Å²) >= 11 is 0. The quantitative estimate of drug-likeness (QED) is 0.708. The van der Waals surface area contributed by atoms with Crippen LogP contribution in [0.4, 0.5) is 0 Å². The largest absolute Gasteiger partial charge is 0.383 e. The van der Waals surface area contributed by atoms with Gasteiger partial charge >= 0.3 is 0 Å². The van der Waals surface area contributed by atoms with Gasteiger partial charge in [-0.25, -0.2) is 0 Å². The van der Waals surface area contributed by atoms with Crippen LogP contribution in [0.15, 0.2) is 30.5 Å². The molecule has 0 bridgehead atoms. The second-order valence-corrected chi connectivity index (χ2v) is 5.24. The maximum absolute atomic E-state index is 5.07. The van der Waals surface area contributed by atoms with Gasteiger partial charge in [0.2, 0.25) is 0 Å². The predicted molar refractivity (Wildman–Crippen MR) is 85.0 cm³/mol. The maximum atomic E-state index is 5.07. The van der Waals surface area contributed by atoms with Crippen molar-refractivity contribution in [1.82, 2.24) is 9.88 Å². The second kappa shape index (κ2) is 8.08. The number of fused-ring (bicyclic) bond motifs is 1. The van der Waals surface area contributed by atoms with Gasteiger partial charge in [0.1, 0.15) is 0 Å². The molecule has 2 rings (SSSR count). The van der Waals surface area contributed by atoms with E-state index in [0.717, 1.165) is 26.2 Å². The van der Waals surface area contributed by atoms with E-state index in [1.165, 1.54) is 35.7 Å². The van der Waals surface area contributed by atoms with Crippen molar-refractivity contribution in [3.8, 4) is 0 Å². The van der Waals surface area contributed by atoms with Crippen LogP contribution in [0, 0.1) is 0 Å². The number of nitrogens with one attached hydrogen (secondary N) is 1. The molecular weight excluding hydrogens is 248 g/mol. The SMILES string of the molecule is CCCCCn1cc(CNCCOC)c2ccccc21. The molecule has 0 saturated carbocycles. The van der Waals surface area contributed by atoms with E-state index >= 15 is 0 Å². The monoisotopic (exact) mass is 274 g/mol. The van der Waals surface area contributed by atoms with Crippen LogP contribution in [0.1, 0.15) is 31.7 Å². The van der Waals surface area contributed by atoms with Crippen molar-refractivity contribution in [2.45, 2.75) is 39.3 Å². The number of aryl methyl sites for hydroxylation is 1. The van der Waals surface area contributed by atoms with Gasteiger partial charge in [-0.1, -0.05) is 38.0 Å². The third kappa shape index (κ3) is 3.84. The Morgan fingerprint density at radius 3 is 2.85 bits per heavy atom. The Bertz CT molecular complexity index is 519. The average molecular weight is 274 g/mol. The van der Waals surface area contributed by atoms with E-state index in [-0.39, 0.29) is 0 Å². The van der Waals surface area contributed by atoms with Gasteiger partial charge in [0, 0.05) is 43.8 Å². The van der Waals surface area contributed by atoms with E-state index in [4.69, 9.17) is 4.74 Å². The summed E-state index contributed by atoms with van der Waals surface area (Å²) in [6.07, 6.45) is 6.13. The molecule has 1 heterocycles. The molecule has 0 unspecified atom stereocenters. The van der Waals surface area contributed by atoms with Gasteiger partial charge in [-0.2, -0.15) is 0 Å². The topological polar surface area (TPSA) is 26.2 Å². The molecule has 0 amide bonds. The molecule has 0 aliphatic heterocycles. The Morgan fingerprint density at radius 1 is 1.20 bits per heavy atom. The number of ether oxygens (including phenoxy) is 1. The number of methoxy groups -OCH3 is 1. The molecule has 1 aromatic carbocycles. The van der Waals surface area contributed by atoms with Gasteiger partial charge in [-0.3, -0.25) is 0 Å². The summed E-state index contributed by atoms with van der Waals surface area (Å²) in [6.45, 7) is 5.93. The summed E-state index contributed by atoms with van der Waals surface area (Å²) in [5.41, 5.74) is 2.74. The van der Waals surface area contributed by atoms with Crippen molar-refractivity contribution in [3.05, 3.63) is 36.0 Å². The normalized spacial score (nSPS) is 11.3. The standard InChI is InChI=1S/C17H26N2O/c1-3-4-7-11-19-14-15(13-18-10-12-20-2)16-8-5-6-9-17(16)19/h5-6,8-9,14,18H,3-4,7,10-13H2,1-2H3. The third-order valence-electron chi connectivity index (χ3n) is 3.67. The third-order valence-corrected chi connectivity index (χ3v) is 3.67. The molecule has 3 heteroatoms. The maximum Gasteiger partial charge on any atom is 0.0587 e. The van der Waals surface area contributed by atoms with Gasteiger partial charge in [0.25, 0.3) is 0 Å². The summed E-state index contributed by atoms with van der Waals surface area (Å²) in [6, 6.07) is 8.69. The van der Waals surface area contributed by atoms with Crippen molar-refractivity contribution in [3.63, 3.8) is 0 Å². The number of rotatable bonds is 9. The number of unbranched alkanes of at least 4 members (excludes halogenated alkanes) is 2. The van der Waals surface area contributed by atoms with Crippen LogP contribution in [0.2, 0.25) is 0 Å². The van der Waals surface area contributed by atoms with Crippen LogP contribution in [0.25, 0.3) is 10.9 Å². The lowest BCUT2D eigenvalue weighted by atomic mass is 10.2. The van der Waals surface area contributed by atoms with Gasteiger partial charge in [-0.05, 0) is 18.1 Å². The highest BCUT2D eigenvalue weighted by Crippen LogP contribution is 2.21. The van der Waals surface area contributed by atoms with Crippen molar-refractivity contribution in [2.24, 2.45) is 0 Å². The Hall–Kier alpha value is -1.32. The zero-order valence-corrected chi connectivity index (χ0v) is 12.7. The van der Waals surface area contributed by atoms with Crippen molar-refractivity contribution < 1.29 is 4.74 Å². The van der Waals surface area contributed by atoms with Gasteiger partial charge < -0.3 is 14.6 Å². The molecule has 1 N–H and O–H groups in total. The summed E-state index contributed by atoms with van der Waals surface area (Å²) in [7, 11) is 1.74. The van der Waals surface area contributed by atoms with Gasteiger partial charge in [0.05, 0.1) is 6.61 Å². The first kappa shape index (κ1) is 15.1. The van der Waals surface area contributed by atoms with Crippen LogP contribution in [-0.2, 0) is 17.8 Å². The summed E-state index contributed by atoms with van der Waals surface area (Å²) in [5.74, 6) is 0. The van der Waals surface area contributed by atoms with E-state index in [9.17, 15) is 0 Å². The number of benzene rings is 1. The van der Waals surface area contributed by atoms with Crippen LogP contribution < -0.4 is 5.32 Å². The molecule has 0 fully saturated rings. The number of nitrogens with zero attached hydrogens (tertiary/aromatic N) is 1. The van der Waals surface area contributed by atoms with Gasteiger partial charge in [-0.15, -0.1) is 0 Å². The molecule has 0 saturated heterocycles. The van der Waals surface area contributed by atoms with Crippen LogP contribution >= 0.6 is 0 Å². The van der Waals surface area contributed by atoms with E-state index in [2.05, 4.69) is 47.3 Å². The molecule has 0 aliphatic rings. The molecule has 0 radical (unpaired) electrons. The minimum atomic E-state index is 0.759. The molecule has 3 nitrogen and oxygen atoms in total. The Balaban J connectivity index is 2.09. The van der Waals surface area contributed by atoms with Crippen LogP contribution in [0.5, 0.6) is 0 Å². The first-order valence-electron chi connectivity index (χ1n) is 7.63. The Kier molecular flexibility index (Phi) is 6.09. The highest BCUT2D eigenvalue weighted by atomic mass is 16.5. The zero-order chi connectivity index (χ0) is 14.2. The van der Waals surface area contributed by atoms with Crippen molar-refractivity contribution in [1.29, 1.82) is 0 Å². The molecule has 0 spiro atoms. The molecule has 0 aliphatic carbocycles. The number of para-hydroxylation sites is 1. The molecule has 110 valence electrons. The fourth-order valence-electron chi connectivity index (χ4n) is 2.58. The summed E-state index contributed by atoms with van der Waals surface area (Å²) < 4.78 is 7.47. The molecule has 2 aromatic rings. The summed E-state index contributed by atoms with van der Waals surface area (Å²) in [4.78, 5) is 0. The average Bonchev–Trinajstić information content (AvgIpc) is 2.83. The Morgan fingerprint density at radius 2 is 2.05 bits per heavy atom. The minimum absolute atomic E-state index is 0.759. The molecular formula is C17H26N2O. The lowest BCUT2D eigenvalue weighted by molar-refractivity contribution is 0.199. The number of hydrogen-bond donors (Lipinski definition) is 1. The number of hydrogen-bond acceptors (Lipinski definition) is 2. The molecule has 20 heavy (non-hydrogen) atoms. The second-order valence-electron chi connectivity index (χ2n) is 5.24. The highest BCUT2D eigenvalue weighted by molar-refractivity contribution is 5.83. The van der Waals surface area contributed by atoms with Crippen molar-refractivity contribution >= 4 is 10.9 Å². The minimum Gasteiger partial charge on any atom is -0.383 e. The van der Waals surface area contributed by atoms with Crippen LogP contribution in [0.3, 0.4) is 0 Å². The number of aromatic nitrogens is 1. The highest BCUT2D eigenvalue weighted by Gasteiger charge is 2.07. The van der Waals surface area contributed by atoms with E-state index in [1.807, 2.05) is 0 Å². The van der Waals surface area contributed by atoms with E-state index < -0.39 is 0 Å². The fraction of sp³-hybridized carbons (Fsp3) is 0.529. The molecule has 1 aromatic heterocycles. The molecule has 0 atom stereocenters. The summed E-state index contributed by atoms with van der Waals surface area (Å²) in [5, 5.41) is 4.81.